The van der Waals surface area contributed by atoms with Crippen LogP contribution in [0.1, 0.15) is 58.9 Å². The Labute approximate surface area is 182 Å². The van der Waals surface area contributed by atoms with Crippen LogP contribution in [-0.2, 0) is 35.9 Å². The summed E-state index contributed by atoms with van der Waals surface area (Å²) in [5, 5.41) is 12.0. The lowest BCUT2D eigenvalue weighted by Gasteiger charge is -2.36. The van der Waals surface area contributed by atoms with E-state index in [2.05, 4.69) is 10.4 Å². The summed E-state index contributed by atoms with van der Waals surface area (Å²) in [6, 6.07) is 1.64. The van der Waals surface area contributed by atoms with E-state index < -0.39 is 5.97 Å². The van der Waals surface area contributed by atoms with Crippen molar-refractivity contribution in [1.29, 1.82) is 0 Å². The van der Waals surface area contributed by atoms with Crippen molar-refractivity contribution in [2.75, 3.05) is 26.4 Å². The van der Waals surface area contributed by atoms with Crippen LogP contribution in [0.25, 0.3) is 0 Å². The third-order valence-corrected chi connectivity index (χ3v) is 6.34. The average Bonchev–Trinajstić information content (AvgIpc) is 3.31. The van der Waals surface area contributed by atoms with Crippen LogP contribution in [0.15, 0.2) is 12.3 Å². The third-order valence-electron chi connectivity index (χ3n) is 6.34. The highest BCUT2D eigenvalue weighted by Gasteiger charge is 2.39. The number of ether oxygens (including phenoxy) is 2. The molecule has 0 bridgehead atoms. The molecular formula is C22H31N5O4. The van der Waals surface area contributed by atoms with Gasteiger partial charge >= 0.3 is 5.97 Å². The number of fused-ring (bicyclic) bond motifs is 1. The molecule has 4 rings (SSSR count). The maximum atomic E-state index is 12.9. The van der Waals surface area contributed by atoms with Crippen molar-refractivity contribution in [2.45, 2.75) is 46.1 Å². The molecule has 0 radical (unpaired) electrons. The molecule has 2 aromatic heterocycles. The fraction of sp³-hybridized carbons (Fsp3) is 0.636. The number of carbonyl (C=O) groups is 2. The molecule has 0 saturated carbocycles. The molecule has 0 unspecified atom stereocenters. The van der Waals surface area contributed by atoms with Crippen molar-refractivity contribution in [3.8, 4) is 0 Å². The minimum absolute atomic E-state index is 0.0181. The number of hydrogen-bond acceptors (Lipinski definition) is 6. The molecule has 0 aliphatic carbocycles. The molecule has 0 aromatic carbocycles. The average molecular weight is 430 g/mol. The van der Waals surface area contributed by atoms with E-state index in [4.69, 9.17) is 14.6 Å². The molecule has 1 saturated heterocycles. The predicted octanol–water partition coefficient (Wildman–Crippen LogP) is 1.75. The number of esters is 1. The Kier molecular flexibility index (Phi) is 6.13. The van der Waals surface area contributed by atoms with Crippen molar-refractivity contribution in [3.63, 3.8) is 0 Å². The van der Waals surface area contributed by atoms with E-state index in [0.717, 1.165) is 43.7 Å². The zero-order chi connectivity index (χ0) is 22.0. The molecule has 1 atom stereocenters. The van der Waals surface area contributed by atoms with Gasteiger partial charge in [-0.25, -0.2) is 4.79 Å². The minimum atomic E-state index is -0.425. The largest absolute Gasteiger partial charge is 0.461 e. The molecular weight excluding hydrogens is 398 g/mol. The number of nitrogens with zero attached hydrogens (tertiary/aromatic N) is 4. The highest BCUT2D eigenvalue weighted by atomic mass is 16.5. The van der Waals surface area contributed by atoms with Crippen LogP contribution in [0.5, 0.6) is 0 Å². The van der Waals surface area contributed by atoms with Gasteiger partial charge in [0.1, 0.15) is 5.69 Å². The first-order valence-electron chi connectivity index (χ1n) is 11.0. The first kappa shape index (κ1) is 21.5. The van der Waals surface area contributed by atoms with Gasteiger partial charge < -0.3 is 14.8 Å². The Balaban J connectivity index is 1.50. The molecule has 9 heteroatoms. The lowest BCUT2D eigenvalue weighted by atomic mass is 9.75. The minimum Gasteiger partial charge on any atom is -0.461 e. The molecule has 1 amide bonds. The molecule has 31 heavy (non-hydrogen) atoms. The standard InChI is InChI=1S/C22H31N5O4/c1-4-27-19-16(12-22(14-23-20(19)28)6-9-30-10-7-22)18(25-27)11-15(2)13-31-21(29)17-5-8-26(3)24-17/h5,8,15H,4,6-7,9-14H2,1-3H3,(H,23,28)/t15-/m1/s1. The molecule has 1 N–H and O–H groups in total. The van der Waals surface area contributed by atoms with Gasteiger partial charge in [0.05, 0.1) is 12.3 Å². The first-order valence-corrected chi connectivity index (χ1v) is 11.0. The van der Waals surface area contributed by atoms with Gasteiger partial charge in [-0.1, -0.05) is 6.92 Å². The van der Waals surface area contributed by atoms with E-state index in [1.54, 1.807) is 24.0 Å². The van der Waals surface area contributed by atoms with Crippen LogP contribution in [-0.4, -0.2) is 57.8 Å². The lowest BCUT2D eigenvalue weighted by Crippen LogP contribution is -2.40. The van der Waals surface area contributed by atoms with E-state index in [-0.39, 0.29) is 23.8 Å². The Morgan fingerprint density at radius 3 is 2.81 bits per heavy atom. The van der Waals surface area contributed by atoms with Crippen molar-refractivity contribution in [3.05, 3.63) is 34.9 Å². The number of carbonyl (C=O) groups excluding carboxylic acids is 2. The quantitative estimate of drug-likeness (QED) is 0.703. The van der Waals surface area contributed by atoms with Gasteiger partial charge in [0.2, 0.25) is 0 Å². The van der Waals surface area contributed by atoms with Crippen molar-refractivity contribution < 1.29 is 19.1 Å². The summed E-state index contributed by atoms with van der Waals surface area (Å²) in [6.07, 6.45) is 5.04. The highest BCUT2D eigenvalue weighted by molar-refractivity contribution is 5.94. The van der Waals surface area contributed by atoms with Gasteiger partial charge in [0, 0.05) is 45.1 Å². The van der Waals surface area contributed by atoms with Crippen LogP contribution in [0.2, 0.25) is 0 Å². The summed E-state index contributed by atoms with van der Waals surface area (Å²) in [7, 11) is 1.76. The summed E-state index contributed by atoms with van der Waals surface area (Å²) in [5.74, 6) is -0.409. The molecule has 2 aliphatic heterocycles. The van der Waals surface area contributed by atoms with E-state index in [1.807, 2.05) is 18.5 Å². The van der Waals surface area contributed by atoms with Crippen molar-refractivity contribution in [1.82, 2.24) is 24.9 Å². The molecule has 2 aliphatic rings. The maximum Gasteiger partial charge on any atom is 0.358 e. The van der Waals surface area contributed by atoms with E-state index in [0.29, 0.717) is 30.9 Å². The smallest absolute Gasteiger partial charge is 0.358 e. The lowest BCUT2D eigenvalue weighted by molar-refractivity contribution is 0.0160. The van der Waals surface area contributed by atoms with E-state index in [1.165, 1.54) is 0 Å². The Hall–Kier alpha value is -2.68. The van der Waals surface area contributed by atoms with Gasteiger partial charge in [-0.15, -0.1) is 0 Å². The zero-order valence-corrected chi connectivity index (χ0v) is 18.5. The zero-order valence-electron chi connectivity index (χ0n) is 18.5. The number of hydrogen-bond donors (Lipinski definition) is 1. The van der Waals surface area contributed by atoms with E-state index in [9.17, 15) is 9.59 Å². The summed E-state index contributed by atoms with van der Waals surface area (Å²) in [6.45, 7) is 7.06. The second kappa shape index (κ2) is 8.82. The summed E-state index contributed by atoms with van der Waals surface area (Å²) < 4.78 is 14.4. The van der Waals surface area contributed by atoms with Gasteiger partial charge in [-0.05, 0) is 50.0 Å². The van der Waals surface area contributed by atoms with Crippen LogP contribution in [0, 0.1) is 11.3 Å². The number of aromatic nitrogens is 4. The topological polar surface area (TPSA) is 100 Å². The number of rotatable bonds is 6. The highest BCUT2D eigenvalue weighted by Crippen LogP contribution is 2.38. The SMILES string of the molecule is CCn1nc(C[C@@H](C)COC(=O)c2ccn(C)n2)c2c1C(=O)NCC1(CCOCC1)C2. The molecule has 1 fully saturated rings. The Bertz CT molecular complexity index is 957. The van der Waals surface area contributed by atoms with Gasteiger partial charge in [-0.3, -0.25) is 14.2 Å². The first-order chi connectivity index (χ1) is 14.9. The van der Waals surface area contributed by atoms with Crippen LogP contribution in [0.4, 0.5) is 0 Å². The fourth-order valence-electron chi connectivity index (χ4n) is 4.53. The maximum absolute atomic E-state index is 12.9. The molecule has 2 aromatic rings. The molecule has 1 spiro atoms. The monoisotopic (exact) mass is 429 g/mol. The van der Waals surface area contributed by atoms with E-state index >= 15 is 0 Å². The number of amides is 1. The predicted molar refractivity (Wildman–Crippen MR) is 113 cm³/mol. The fourth-order valence-corrected chi connectivity index (χ4v) is 4.53. The summed E-state index contributed by atoms with van der Waals surface area (Å²) in [4.78, 5) is 25.1. The van der Waals surface area contributed by atoms with Gasteiger partial charge in [0.25, 0.3) is 5.91 Å². The van der Waals surface area contributed by atoms with Crippen LogP contribution >= 0.6 is 0 Å². The Morgan fingerprint density at radius 2 is 2.13 bits per heavy atom. The molecule has 4 heterocycles. The van der Waals surface area contributed by atoms with Crippen molar-refractivity contribution >= 4 is 11.9 Å². The van der Waals surface area contributed by atoms with Gasteiger partial charge in [0.15, 0.2) is 5.69 Å². The molecule has 9 nitrogen and oxygen atoms in total. The molecule has 168 valence electrons. The Morgan fingerprint density at radius 1 is 1.35 bits per heavy atom. The number of aryl methyl sites for hydroxylation is 2. The second-order valence-electron chi connectivity index (χ2n) is 8.84. The normalized spacial score (nSPS) is 18.9. The summed E-state index contributed by atoms with van der Waals surface area (Å²) in [5.41, 5.74) is 2.97. The third kappa shape index (κ3) is 4.51. The number of nitrogens with one attached hydrogen (secondary N) is 1. The summed E-state index contributed by atoms with van der Waals surface area (Å²) >= 11 is 0. The van der Waals surface area contributed by atoms with Crippen LogP contribution < -0.4 is 5.32 Å². The van der Waals surface area contributed by atoms with Gasteiger partial charge in [-0.2, -0.15) is 10.2 Å². The van der Waals surface area contributed by atoms with Crippen LogP contribution in [0.3, 0.4) is 0 Å². The second-order valence-corrected chi connectivity index (χ2v) is 8.84. The van der Waals surface area contributed by atoms with Crippen molar-refractivity contribution in [2.24, 2.45) is 18.4 Å².